The topological polar surface area (TPSA) is 55.4 Å². The summed E-state index contributed by atoms with van der Waals surface area (Å²) in [6.45, 7) is 3.76. The lowest BCUT2D eigenvalue weighted by molar-refractivity contribution is 0.0599. The molecule has 0 atom stereocenters. The summed E-state index contributed by atoms with van der Waals surface area (Å²) in [6, 6.07) is 10.8. The number of rotatable bonds is 3. The van der Waals surface area contributed by atoms with E-state index in [2.05, 4.69) is 27.9 Å². The number of carbonyl (C=O) groups excluding carboxylic acids is 2. The number of anilines is 1. The maximum absolute atomic E-state index is 12.4. The molecule has 2 aromatic carbocycles. The predicted molar refractivity (Wildman–Crippen MR) is 94.4 cm³/mol. The largest absolute Gasteiger partial charge is 0.465 e. The molecule has 114 valence electrons. The minimum Gasteiger partial charge on any atom is -0.465 e. The van der Waals surface area contributed by atoms with Crippen LogP contribution in [0, 0.1) is 17.4 Å². The van der Waals surface area contributed by atoms with Gasteiger partial charge in [-0.05, 0) is 66.3 Å². The number of benzene rings is 2. The Morgan fingerprint density at radius 1 is 1.09 bits per heavy atom. The van der Waals surface area contributed by atoms with Gasteiger partial charge in [0.15, 0.2) is 0 Å². The quantitative estimate of drug-likeness (QED) is 0.617. The molecule has 2 rings (SSSR count). The Morgan fingerprint density at radius 3 is 2.45 bits per heavy atom. The standard InChI is InChI=1S/C17H16INO3/c1-10-7-8-13(14(18)9-10)16(20)19-15-6-4-5-12(11(15)2)17(21)22-3/h4-9H,1-3H3,(H,19,20). The maximum Gasteiger partial charge on any atom is 0.338 e. The molecule has 22 heavy (non-hydrogen) atoms. The van der Waals surface area contributed by atoms with Gasteiger partial charge in [-0.2, -0.15) is 0 Å². The van der Waals surface area contributed by atoms with E-state index in [4.69, 9.17) is 4.74 Å². The smallest absolute Gasteiger partial charge is 0.338 e. The number of halogens is 1. The number of hydrogen-bond acceptors (Lipinski definition) is 3. The van der Waals surface area contributed by atoms with Crippen LogP contribution in [0.25, 0.3) is 0 Å². The fraction of sp³-hybridized carbons (Fsp3) is 0.176. The molecule has 0 aromatic heterocycles. The van der Waals surface area contributed by atoms with Gasteiger partial charge in [0, 0.05) is 9.26 Å². The van der Waals surface area contributed by atoms with Gasteiger partial charge in [0.2, 0.25) is 0 Å². The van der Waals surface area contributed by atoms with Crippen molar-refractivity contribution in [1.29, 1.82) is 0 Å². The third-order valence-corrected chi connectivity index (χ3v) is 4.25. The molecule has 1 N–H and O–H groups in total. The minimum absolute atomic E-state index is 0.200. The molecule has 0 heterocycles. The zero-order valence-corrected chi connectivity index (χ0v) is 14.7. The average Bonchev–Trinajstić information content (AvgIpc) is 2.48. The molecule has 0 radical (unpaired) electrons. The van der Waals surface area contributed by atoms with Gasteiger partial charge in [0.25, 0.3) is 5.91 Å². The summed E-state index contributed by atoms with van der Waals surface area (Å²) >= 11 is 2.14. The van der Waals surface area contributed by atoms with Crippen molar-refractivity contribution in [3.63, 3.8) is 0 Å². The molecule has 0 aliphatic rings. The monoisotopic (exact) mass is 409 g/mol. The molecule has 0 aliphatic heterocycles. The molecule has 0 saturated heterocycles. The predicted octanol–water partition coefficient (Wildman–Crippen LogP) is 3.95. The Bertz CT molecular complexity index is 741. The van der Waals surface area contributed by atoms with Gasteiger partial charge in [-0.25, -0.2) is 4.79 Å². The van der Waals surface area contributed by atoms with Crippen molar-refractivity contribution in [2.45, 2.75) is 13.8 Å². The van der Waals surface area contributed by atoms with Gasteiger partial charge in [0.1, 0.15) is 0 Å². The zero-order valence-electron chi connectivity index (χ0n) is 12.6. The summed E-state index contributed by atoms with van der Waals surface area (Å²) in [4.78, 5) is 24.1. The summed E-state index contributed by atoms with van der Waals surface area (Å²) < 4.78 is 5.63. The average molecular weight is 409 g/mol. The van der Waals surface area contributed by atoms with Crippen LogP contribution in [0.3, 0.4) is 0 Å². The summed E-state index contributed by atoms with van der Waals surface area (Å²) in [5, 5.41) is 2.85. The lowest BCUT2D eigenvalue weighted by atomic mass is 10.1. The molecule has 0 aliphatic carbocycles. The number of methoxy groups -OCH3 is 1. The highest BCUT2D eigenvalue weighted by molar-refractivity contribution is 14.1. The Kier molecular flexibility index (Phi) is 5.18. The van der Waals surface area contributed by atoms with Gasteiger partial charge in [-0.15, -0.1) is 0 Å². The van der Waals surface area contributed by atoms with Crippen LogP contribution >= 0.6 is 22.6 Å². The number of esters is 1. The van der Waals surface area contributed by atoms with Gasteiger partial charge < -0.3 is 10.1 Å². The second-order valence-corrected chi connectivity index (χ2v) is 6.07. The number of hydrogen-bond donors (Lipinski definition) is 1. The molecule has 0 bridgehead atoms. The van der Waals surface area contributed by atoms with Crippen LogP contribution in [0.5, 0.6) is 0 Å². The normalized spacial score (nSPS) is 10.2. The third kappa shape index (κ3) is 3.47. The number of amides is 1. The van der Waals surface area contributed by atoms with Gasteiger partial charge >= 0.3 is 5.97 Å². The van der Waals surface area contributed by atoms with Crippen molar-refractivity contribution >= 4 is 40.2 Å². The molecular formula is C17H16INO3. The lowest BCUT2D eigenvalue weighted by Gasteiger charge is -2.12. The molecule has 0 spiro atoms. The zero-order chi connectivity index (χ0) is 16.3. The van der Waals surface area contributed by atoms with Crippen LogP contribution in [-0.4, -0.2) is 19.0 Å². The number of ether oxygens (including phenoxy) is 1. The van der Waals surface area contributed by atoms with E-state index < -0.39 is 5.97 Å². The number of carbonyl (C=O) groups is 2. The Hall–Kier alpha value is -1.89. The lowest BCUT2D eigenvalue weighted by Crippen LogP contribution is -2.15. The first-order valence-corrected chi connectivity index (χ1v) is 7.77. The number of aryl methyl sites for hydroxylation is 1. The van der Waals surface area contributed by atoms with Crippen molar-refractivity contribution in [3.8, 4) is 0 Å². The molecule has 0 unspecified atom stereocenters. The molecule has 5 heteroatoms. The van der Waals surface area contributed by atoms with Crippen LogP contribution in [-0.2, 0) is 4.74 Å². The number of nitrogens with one attached hydrogen (secondary N) is 1. The Morgan fingerprint density at radius 2 is 1.82 bits per heavy atom. The molecule has 0 saturated carbocycles. The van der Waals surface area contributed by atoms with Crippen LogP contribution in [0.4, 0.5) is 5.69 Å². The summed E-state index contributed by atoms with van der Waals surface area (Å²) in [6.07, 6.45) is 0. The van der Waals surface area contributed by atoms with E-state index in [0.717, 1.165) is 9.13 Å². The highest BCUT2D eigenvalue weighted by Gasteiger charge is 2.15. The Labute approximate surface area is 143 Å². The summed E-state index contributed by atoms with van der Waals surface area (Å²) in [7, 11) is 1.34. The van der Waals surface area contributed by atoms with Gasteiger partial charge in [0.05, 0.1) is 18.2 Å². The van der Waals surface area contributed by atoms with Crippen LogP contribution in [0.2, 0.25) is 0 Å². The SMILES string of the molecule is COC(=O)c1cccc(NC(=O)c2ccc(C)cc2I)c1C. The third-order valence-electron chi connectivity index (χ3n) is 3.36. The van der Waals surface area contributed by atoms with Crippen LogP contribution in [0.1, 0.15) is 31.8 Å². The second-order valence-electron chi connectivity index (χ2n) is 4.91. The Balaban J connectivity index is 2.31. The van der Waals surface area contributed by atoms with E-state index in [0.29, 0.717) is 22.4 Å². The maximum atomic E-state index is 12.4. The second kappa shape index (κ2) is 6.91. The van der Waals surface area contributed by atoms with Crippen molar-refractivity contribution in [1.82, 2.24) is 0 Å². The van der Waals surface area contributed by atoms with E-state index >= 15 is 0 Å². The summed E-state index contributed by atoms with van der Waals surface area (Å²) in [5.74, 6) is -0.618. The van der Waals surface area contributed by atoms with Crippen molar-refractivity contribution in [2.75, 3.05) is 12.4 Å². The highest BCUT2D eigenvalue weighted by atomic mass is 127. The van der Waals surface area contributed by atoms with Gasteiger partial charge in [-0.1, -0.05) is 17.7 Å². The van der Waals surface area contributed by atoms with E-state index in [1.807, 2.05) is 19.1 Å². The van der Waals surface area contributed by atoms with Crippen molar-refractivity contribution < 1.29 is 14.3 Å². The van der Waals surface area contributed by atoms with E-state index in [1.54, 1.807) is 31.2 Å². The molecule has 4 nitrogen and oxygen atoms in total. The molecule has 2 aromatic rings. The van der Waals surface area contributed by atoms with Crippen molar-refractivity contribution in [2.24, 2.45) is 0 Å². The van der Waals surface area contributed by atoms with Gasteiger partial charge in [-0.3, -0.25) is 4.79 Å². The first-order chi connectivity index (χ1) is 10.4. The minimum atomic E-state index is -0.418. The van der Waals surface area contributed by atoms with E-state index in [1.165, 1.54) is 7.11 Å². The highest BCUT2D eigenvalue weighted by Crippen LogP contribution is 2.22. The van der Waals surface area contributed by atoms with Crippen LogP contribution in [0.15, 0.2) is 36.4 Å². The fourth-order valence-electron chi connectivity index (χ4n) is 2.10. The summed E-state index contributed by atoms with van der Waals surface area (Å²) in [5.41, 5.74) is 3.44. The fourth-order valence-corrected chi connectivity index (χ4v) is 3.01. The van der Waals surface area contributed by atoms with E-state index in [9.17, 15) is 9.59 Å². The first kappa shape index (κ1) is 16.5. The molecule has 1 amide bonds. The molecular weight excluding hydrogens is 393 g/mol. The van der Waals surface area contributed by atoms with Crippen LogP contribution < -0.4 is 5.32 Å². The first-order valence-electron chi connectivity index (χ1n) is 6.69. The van der Waals surface area contributed by atoms with Crippen molar-refractivity contribution in [3.05, 3.63) is 62.2 Å². The van der Waals surface area contributed by atoms with E-state index in [-0.39, 0.29) is 5.91 Å². The molecule has 0 fully saturated rings.